The molecule has 178 valence electrons. The van der Waals surface area contributed by atoms with Gasteiger partial charge in [0.25, 0.3) is 0 Å². The Morgan fingerprint density at radius 1 is 0.700 bits per heavy atom. The largest absolute Gasteiger partial charge is 0.481 e. The van der Waals surface area contributed by atoms with E-state index in [0.717, 1.165) is 25.7 Å². The van der Waals surface area contributed by atoms with E-state index in [1.165, 1.54) is 44.9 Å². The average Bonchev–Trinajstić information content (AvgIpc) is 2.72. The standard InChI is InChI=1S/C22H42O8/c1-2-3-4-5-6-7-8-9-10-11-12-13-14-15(21(28)29)22(30)19(26)17(24)16(23)18(25)20(22)27/h15-20,23-27,30H,2-14H2,1H3,(H,28,29)/t15?,16?,17-,18+,19-,20-,22?/m1/s1. The molecule has 0 radical (unpaired) electrons. The number of carbonyl (C=O) groups is 1. The maximum atomic E-state index is 11.7. The number of aliphatic hydroxyl groups is 6. The molecule has 1 aliphatic carbocycles. The molecule has 0 aromatic heterocycles. The molecule has 7 atom stereocenters. The molecule has 0 aromatic carbocycles. The molecule has 0 aliphatic heterocycles. The van der Waals surface area contributed by atoms with Crippen LogP contribution in [-0.4, -0.2) is 77.8 Å². The van der Waals surface area contributed by atoms with E-state index < -0.39 is 48.0 Å². The van der Waals surface area contributed by atoms with Crippen LogP contribution < -0.4 is 0 Å². The van der Waals surface area contributed by atoms with Crippen LogP contribution in [0.1, 0.15) is 90.4 Å². The first-order chi connectivity index (χ1) is 14.2. The third-order valence-electron chi connectivity index (χ3n) is 6.50. The van der Waals surface area contributed by atoms with Crippen molar-refractivity contribution >= 4 is 5.97 Å². The van der Waals surface area contributed by atoms with Gasteiger partial charge >= 0.3 is 5.97 Å². The summed E-state index contributed by atoms with van der Waals surface area (Å²) in [5.74, 6) is -3.02. The summed E-state index contributed by atoms with van der Waals surface area (Å²) >= 11 is 0. The highest BCUT2D eigenvalue weighted by Crippen LogP contribution is 2.38. The lowest BCUT2D eigenvalue weighted by Crippen LogP contribution is -2.74. The fourth-order valence-electron chi connectivity index (χ4n) is 4.45. The summed E-state index contributed by atoms with van der Waals surface area (Å²) in [5, 5.41) is 70.0. The molecule has 8 heteroatoms. The topological polar surface area (TPSA) is 159 Å². The van der Waals surface area contributed by atoms with Crippen molar-refractivity contribution in [1.82, 2.24) is 0 Å². The molecule has 0 saturated heterocycles. The fraction of sp³-hybridized carbons (Fsp3) is 0.955. The Labute approximate surface area is 179 Å². The summed E-state index contributed by atoms with van der Waals surface area (Å²) in [5.41, 5.74) is -2.65. The van der Waals surface area contributed by atoms with E-state index in [1.807, 2.05) is 0 Å². The zero-order valence-corrected chi connectivity index (χ0v) is 18.2. The summed E-state index contributed by atoms with van der Waals surface area (Å²) in [7, 11) is 0. The molecule has 30 heavy (non-hydrogen) atoms. The van der Waals surface area contributed by atoms with Crippen molar-refractivity contribution in [3.63, 3.8) is 0 Å². The zero-order chi connectivity index (χ0) is 22.7. The quantitative estimate of drug-likeness (QED) is 0.190. The molecule has 1 fully saturated rings. The Hall–Kier alpha value is -0.770. The number of hydrogen-bond donors (Lipinski definition) is 7. The zero-order valence-electron chi connectivity index (χ0n) is 18.2. The van der Waals surface area contributed by atoms with E-state index >= 15 is 0 Å². The van der Waals surface area contributed by atoms with E-state index in [2.05, 4.69) is 6.92 Å². The molecular weight excluding hydrogens is 392 g/mol. The van der Waals surface area contributed by atoms with Crippen LogP contribution in [0, 0.1) is 5.92 Å². The van der Waals surface area contributed by atoms with Gasteiger partial charge in [0.2, 0.25) is 0 Å². The van der Waals surface area contributed by atoms with Gasteiger partial charge in [-0.3, -0.25) is 4.79 Å². The highest BCUT2D eigenvalue weighted by atomic mass is 16.4. The first-order valence-electron chi connectivity index (χ1n) is 11.5. The second-order valence-corrected chi connectivity index (χ2v) is 8.82. The van der Waals surface area contributed by atoms with E-state index in [9.17, 15) is 40.5 Å². The fourth-order valence-corrected chi connectivity index (χ4v) is 4.45. The molecule has 7 N–H and O–H groups in total. The van der Waals surface area contributed by atoms with Gasteiger partial charge in [-0.05, 0) is 6.42 Å². The number of aliphatic hydroxyl groups excluding tert-OH is 5. The van der Waals surface area contributed by atoms with Crippen LogP contribution >= 0.6 is 0 Å². The Kier molecular flexibility index (Phi) is 12.4. The van der Waals surface area contributed by atoms with Crippen molar-refractivity contribution in [2.45, 2.75) is 127 Å². The number of rotatable bonds is 15. The average molecular weight is 435 g/mol. The van der Waals surface area contributed by atoms with Gasteiger partial charge < -0.3 is 35.7 Å². The van der Waals surface area contributed by atoms with Gasteiger partial charge in [0.05, 0.1) is 5.92 Å². The summed E-state index contributed by atoms with van der Waals surface area (Å²) in [6, 6.07) is 0. The van der Waals surface area contributed by atoms with Crippen molar-refractivity contribution in [3.8, 4) is 0 Å². The Morgan fingerprint density at radius 2 is 1.07 bits per heavy atom. The van der Waals surface area contributed by atoms with E-state index in [0.29, 0.717) is 6.42 Å². The normalized spacial score (nSPS) is 32.8. The molecule has 0 spiro atoms. The number of aliphatic carboxylic acids is 1. The second-order valence-electron chi connectivity index (χ2n) is 8.82. The van der Waals surface area contributed by atoms with Crippen molar-refractivity contribution < 1.29 is 40.5 Å². The van der Waals surface area contributed by atoms with Crippen LogP contribution in [-0.2, 0) is 4.79 Å². The minimum atomic E-state index is -2.65. The third-order valence-corrected chi connectivity index (χ3v) is 6.50. The summed E-state index contributed by atoms with van der Waals surface area (Å²) in [4.78, 5) is 11.7. The molecular formula is C22H42O8. The van der Waals surface area contributed by atoms with Gasteiger partial charge in [0, 0.05) is 0 Å². The summed E-state index contributed by atoms with van der Waals surface area (Å²) in [6.07, 6.45) is 3.18. The van der Waals surface area contributed by atoms with Crippen molar-refractivity contribution in [2.24, 2.45) is 5.92 Å². The van der Waals surface area contributed by atoms with Crippen LogP contribution in [0.2, 0.25) is 0 Å². The highest BCUT2D eigenvalue weighted by Gasteiger charge is 2.62. The van der Waals surface area contributed by atoms with Gasteiger partial charge in [-0.15, -0.1) is 0 Å². The highest BCUT2D eigenvalue weighted by molar-refractivity contribution is 5.72. The maximum absolute atomic E-state index is 11.7. The molecule has 1 rings (SSSR count). The van der Waals surface area contributed by atoms with Gasteiger partial charge in [-0.2, -0.15) is 0 Å². The van der Waals surface area contributed by atoms with Crippen molar-refractivity contribution in [2.75, 3.05) is 0 Å². The van der Waals surface area contributed by atoms with Crippen LogP contribution in [0.25, 0.3) is 0 Å². The van der Waals surface area contributed by atoms with E-state index in [4.69, 9.17) is 0 Å². The molecule has 0 aromatic rings. The van der Waals surface area contributed by atoms with Gasteiger partial charge in [0.15, 0.2) is 0 Å². The number of hydrogen-bond acceptors (Lipinski definition) is 7. The van der Waals surface area contributed by atoms with Crippen LogP contribution in [0.4, 0.5) is 0 Å². The Bertz CT molecular complexity index is 470. The van der Waals surface area contributed by atoms with Crippen molar-refractivity contribution in [3.05, 3.63) is 0 Å². The molecule has 3 unspecified atom stereocenters. The lowest BCUT2D eigenvalue weighted by Gasteiger charge is -2.50. The Morgan fingerprint density at radius 3 is 1.43 bits per heavy atom. The SMILES string of the molecule is CCCCCCCCCCCCCCC(C(=O)O)C1(O)[C@H](O)[C@H](O)C(O)[C@H](O)[C@H]1O. The molecule has 1 aliphatic rings. The first kappa shape index (κ1) is 27.3. The first-order valence-corrected chi connectivity index (χ1v) is 11.5. The molecule has 0 amide bonds. The van der Waals surface area contributed by atoms with Crippen LogP contribution in [0.5, 0.6) is 0 Å². The third kappa shape index (κ3) is 7.14. The lowest BCUT2D eigenvalue weighted by atomic mass is 9.67. The number of carboxylic acid groups (broad SMARTS) is 1. The Balaban J connectivity index is 2.38. The van der Waals surface area contributed by atoms with Gasteiger partial charge in [-0.25, -0.2) is 0 Å². The second kappa shape index (κ2) is 13.6. The van der Waals surface area contributed by atoms with Crippen LogP contribution in [0.15, 0.2) is 0 Å². The molecule has 1 saturated carbocycles. The van der Waals surface area contributed by atoms with Crippen LogP contribution in [0.3, 0.4) is 0 Å². The monoisotopic (exact) mass is 434 g/mol. The molecule has 0 heterocycles. The molecule has 8 nitrogen and oxygen atoms in total. The van der Waals surface area contributed by atoms with E-state index in [-0.39, 0.29) is 6.42 Å². The summed E-state index contributed by atoms with van der Waals surface area (Å²) in [6.45, 7) is 2.20. The minimum Gasteiger partial charge on any atom is -0.481 e. The summed E-state index contributed by atoms with van der Waals surface area (Å²) < 4.78 is 0. The van der Waals surface area contributed by atoms with E-state index in [1.54, 1.807) is 0 Å². The molecule has 0 bridgehead atoms. The smallest absolute Gasteiger partial charge is 0.309 e. The lowest BCUT2D eigenvalue weighted by molar-refractivity contribution is -0.283. The maximum Gasteiger partial charge on any atom is 0.309 e. The predicted molar refractivity (Wildman–Crippen MR) is 112 cm³/mol. The minimum absolute atomic E-state index is 0.0209. The van der Waals surface area contributed by atoms with Gasteiger partial charge in [0.1, 0.15) is 36.1 Å². The van der Waals surface area contributed by atoms with Crippen molar-refractivity contribution in [1.29, 1.82) is 0 Å². The predicted octanol–water partition coefficient (Wildman–Crippen LogP) is 1.33. The van der Waals surface area contributed by atoms with Gasteiger partial charge in [-0.1, -0.05) is 84.0 Å². The number of carboxylic acids is 1. The number of unbranched alkanes of at least 4 members (excludes halogenated alkanes) is 11.